The lowest BCUT2D eigenvalue weighted by atomic mass is 10.1. The van der Waals surface area contributed by atoms with Gasteiger partial charge in [-0.2, -0.15) is 0 Å². The lowest BCUT2D eigenvalue weighted by molar-refractivity contribution is 0.278. The highest BCUT2D eigenvalue weighted by Crippen LogP contribution is 2.29. The van der Waals surface area contributed by atoms with E-state index in [1.807, 2.05) is 0 Å². The molecule has 0 fully saturated rings. The van der Waals surface area contributed by atoms with Crippen LogP contribution in [0.15, 0.2) is 12.1 Å². The van der Waals surface area contributed by atoms with Crippen molar-refractivity contribution >= 4 is 23.2 Å². The Morgan fingerprint density at radius 3 is 1.50 bits per heavy atom. The predicted octanol–water partition coefficient (Wildman–Crippen LogP) is 1.98. The highest BCUT2D eigenvalue weighted by Gasteiger charge is 2.07. The van der Waals surface area contributed by atoms with Crippen LogP contribution in [0, 0.1) is 0 Å². The van der Waals surface area contributed by atoms with Crippen molar-refractivity contribution in [3.63, 3.8) is 0 Å². The minimum absolute atomic E-state index is 0.149. The molecule has 0 saturated carbocycles. The van der Waals surface area contributed by atoms with Crippen LogP contribution in [-0.2, 0) is 13.2 Å². The molecule has 0 spiro atoms. The first-order valence-electron chi connectivity index (χ1n) is 3.38. The smallest absolute Gasteiger partial charge is 0.0696 e. The van der Waals surface area contributed by atoms with Crippen LogP contribution >= 0.6 is 23.2 Å². The molecule has 0 aliphatic carbocycles. The number of halogens is 2. The van der Waals surface area contributed by atoms with Gasteiger partial charge < -0.3 is 10.2 Å². The molecule has 0 amide bonds. The second kappa shape index (κ2) is 4.10. The Morgan fingerprint density at radius 1 is 0.917 bits per heavy atom. The molecule has 1 rings (SSSR count). The molecule has 1 aromatic carbocycles. The fourth-order valence-electron chi connectivity index (χ4n) is 0.874. The zero-order valence-electron chi connectivity index (χ0n) is 6.22. The van der Waals surface area contributed by atoms with Crippen LogP contribution < -0.4 is 0 Å². The van der Waals surface area contributed by atoms with Gasteiger partial charge >= 0.3 is 0 Å². The third-order valence-electron chi connectivity index (χ3n) is 1.58. The summed E-state index contributed by atoms with van der Waals surface area (Å²) in [6.45, 7) is -0.297. The molecule has 2 N–H and O–H groups in total. The fraction of sp³-hybridized carbons (Fsp3) is 0.250. The van der Waals surface area contributed by atoms with Crippen molar-refractivity contribution in [3.05, 3.63) is 33.3 Å². The van der Waals surface area contributed by atoms with E-state index in [0.29, 0.717) is 21.2 Å². The van der Waals surface area contributed by atoms with Gasteiger partial charge in [0.25, 0.3) is 0 Å². The second-order valence-corrected chi connectivity index (χ2v) is 3.08. The highest BCUT2D eigenvalue weighted by molar-refractivity contribution is 6.42. The van der Waals surface area contributed by atoms with E-state index >= 15 is 0 Å². The number of hydrogen-bond acceptors (Lipinski definition) is 2. The Bertz CT molecular complexity index is 258. The summed E-state index contributed by atoms with van der Waals surface area (Å²) in [7, 11) is 0. The monoisotopic (exact) mass is 206 g/mol. The van der Waals surface area contributed by atoms with Crippen LogP contribution in [0.4, 0.5) is 0 Å². The SMILES string of the molecule is OCc1ccc(CO)c(Cl)c1Cl. The van der Waals surface area contributed by atoms with Crippen molar-refractivity contribution < 1.29 is 10.2 Å². The standard InChI is InChI=1S/C8H8Cl2O2/c9-7-5(3-11)1-2-6(4-12)8(7)10/h1-2,11-12H,3-4H2. The maximum atomic E-state index is 8.80. The number of rotatable bonds is 2. The van der Waals surface area contributed by atoms with Crippen molar-refractivity contribution in [1.82, 2.24) is 0 Å². The first-order valence-corrected chi connectivity index (χ1v) is 4.13. The second-order valence-electron chi connectivity index (χ2n) is 2.33. The molecule has 0 aliphatic heterocycles. The van der Waals surface area contributed by atoms with E-state index in [9.17, 15) is 0 Å². The van der Waals surface area contributed by atoms with E-state index in [0.717, 1.165) is 0 Å². The van der Waals surface area contributed by atoms with Crippen LogP contribution in [-0.4, -0.2) is 10.2 Å². The molecule has 0 heterocycles. The van der Waals surface area contributed by atoms with Crippen LogP contribution in [0.2, 0.25) is 10.0 Å². The minimum Gasteiger partial charge on any atom is -0.392 e. The molecule has 0 aliphatic rings. The number of aliphatic hydroxyl groups is 2. The summed E-state index contributed by atoms with van der Waals surface area (Å²) in [6.07, 6.45) is 0. The maximum absolute atomic E-state index is 8.80. The third kappa shape index (κ3) is 1.72. The summed E-state index contributed by atoms with van der Waals surface area (Å²) in [5.74, 6) is 0. The van der Waals surface area contributed by atoms with Crippen molar-refractivity contribution in [2.75, 3.05) is 0 Å². The van der Waals surface area contributed by atoms with Crippen molar-refractivity contribution in [1.29, 1.82) is 0 Å². The van der Waals surface area contributed by atoms with Crippen molar-refractivity contribution in [2.45, 2.75) is 13.2 Å². The van der Waals surface area contributed by atoms with E-state index in [1.54, 1.807) is 12.1 Å². The van der Waals surface area contributed by atoms with Crippen LogP contribution in [0.25, 0.3) is 0 Å². The Balaban J connectivity index is 3.20. The van der Waals surface area contributed by atoms with Gasteiger partial charge in [-0.05, 0) is 11.1 Å². The third-order valence-corrected chi connectivity index (χ3v) is 2.54. The van der Waals surface area contributed by atoms with E-state index in [1.165, 1.54) is 0 Å². The maximum Gasteiger partial charge on any atom is 0.0696 e. The van der Waals surface area contributed by atoms with Gasteiger partial charge in [-0.15, -0.1) is 0 Å². The molecule has 0 bridgehead atoms. The van der Waals surface area contributed by atoms with Crippen LogP contribution in [0.1, 0.15) is 11.1 Å². The van der Waals surface area contributed by atoms with Gasteiger partial charge in [0.2, 0.25) is 0 Å². The average Bonchev–Trinajstić information content (AvgIpc) is 2.10. The lowest BCUT2D eigenvalue weighted by Crippen LogP contribution is -1.91. The molecule has 0 aromatic heterocycles. The normalized spacial score (nSPS) is 10.3. The van der Waals surface area contributed by atoms with E-state index in [4.69, 9.17) is 33.4 Å². The summed E-state index contributed by atoms with van der Waals surface area (Å²) in [5.41, 5.74) is 1.14. The van der Waals surface area contributed by atoms with Gasteiger partial charge in [-0.3, -0.25) is 0 Å². The minimum atomic E-state index is -0.149. The molecule has 2 nitrogen and oxygen atoms in total. The van der Waals surface area contributed by atoms with Gasteiger partial charge in [0, 0.05) is 0 Å². The summed E-state index contributed by atoms with van der Waals surface area (Å²) in [6, 6.07) is 3.28. The summed E-state index contributed by atoms with van der Waals surface area (Å²) in [4.78, 5) is 0. The van der Waals surface area contributed by atoms with Crippen LogP contribution in [0.3, 0.4) is 0 Å². The molecule has 12 heavy (non-hydrogen) atoms. The Hall–Kier alpha value is -0.280. The number of hydrogen-bond donors (Lipinski definition) is 2. The van der Waals surface area contributed by atoms with Gasteiger partial charge in [0.05, 0.1) is 23.3 Å². The van der Waals surface area contributed by atoms with Crippen LogP contribution in [0.5, 0.6) is 0 Å². The average molecular weight is 207 g/mol. The zero-order chi connectivity index (χ0) is 9.14. The molecule has 0 saturated heterocycles. The first-order chi connectivity index (χ1) is 5.70. The molecule has 0 unspecified atom stereocenters. The predicted molar refractivity (Wildman–Crippen MR) is 48.3 cm³/mol. The fourth-order valence-corrected chi connectivity index (χ4v) is 1.36. The lowest BCUT2D eigenvalue weighted by Gasteiger charge is -2.05. The quantitative estimate of drug-likeness (QED) is 0.778. The van der Waals surface area contributed by atoms with Gasteiger partial charge in [0.1, 0.15) is 0 Å². The largest absolute Gasteiger partial charge is 0.392 e. The van der Waals surface area contributed by atoms with Gasteiger partial charge in [-0.25, -0.2) is 0 Å². The first kappa shape index (κ1) is 9.81. The summed E-state index contributed by atoms with van der Waals surface area (Å²) < 4.78 is 0. The van der Waals surface area contributed by atoms with E-state index < -0.39 is 0 Å². The van der Waals surface area contributed by atoms with Crippen molar-refractivity contribution in [2.24, 2.45) is 0 Å². The highest BCUT2D eigenvalue weighted by atomic mass is 35.5. The van der Waals surface area contributed by atoms with E-state index in [2.05, 4.69) is 0 Å². The van der Waals surface area contributed by atoms with Gasteiger partial charge in [0.15, 0.2) is 0 Å². The molecule has 4 heteroatoms. The molecule has 1 aromatic rings. The Kier molecular flexibility index (Phi) is 3.35. The van der Waals surface area contributed by atoms with Crippen molar-refractivity contribution in [3.8, 4) is 0 Å². The molecule has 0 atom stereocenters. The Labute approximate surface area is 80.4 Å². The molecule has 66 valence electrons. The Morgan fingerprint density at radius 2 is 1.25 bits per heavy atom. The zero-order valence-corrected chi connectivity index (χ0v) is 7.73. The summed E-state index contributed by atoms with van der Waals surface area (Å²) in [5, 5.41) is 18.2. The number of aliphatic hydroxyl groups excluding tert-OH is 2. The molecular weight excluding hydrogens is 199 g/mol. The van der Waals surface area contributed by atoms with Gasteiger partial charge in [-0.1, -0.05) is 35.3 Å². The van der Waals surface area contributed by atoms with E-state index in [-0.39, 0.29) is 13.2 Å². The number of benzene rings is 1. The summed E-state index contributed by atoms with van der Waals surface area (Å²) >= 11 is 11.5. The molecular formula is C8H8Cl2O2. The topological polar surface area (TPSA) is 40.5 Å². The molecule has 0 radical (unpaired) electrons.